The van der Waals surface area contributed by atoms with Gasteiger partial charge in [0.25, 0.3) is 0 Å². The van der Waals surface area contributed by atoms with E-state index in [4.69, 9.17) is 9.84 Å². The fourth-order valence-corrected chi connectivity index (χ4v) is 2.61. The quantitative estimate of drug-likeness (QED) is 0.859. The van der Waals surface area contributed by atoms with E-state index < -0.39 is 5.97 Å². The number of rotatable bonds is 5. The topological polar surface area (TPSA) is 76.5 Å². The molecule has 0 atom stereocenters. The molecule has 110 valence electrons. The molecule has 1 aromatic heterocycles. The molecule has 0 bridgehead atoms. The second kappa shape index (κ2) is 6.05. The van der Waals surface area contributed by atoms with E-state index in [9.17, 15) is 9.59 Å². The number of aromatic nitrogens is 1. The van der Waals surface area contributed by atoms with E-state index in [1.54, 1.807) is 6.92 Å². The van der Waals surface area contributed by atoms with E-state index in [0.717, 1.165) is 22.5 Å². The van der Waals surface area contributed by atoms with Gasteiger partial charge < -0.3 is 9.84 Å². The summed E-state index contributed by atoms with van der Waals surface area (Å²) in [7, 11) is 0. The van der Waals surface area contributed by atoms with Crippen LogP contribution in [0.4, 0.5) is 0 Å². The van der Waals surface area contributed by atoms with Crippen LogP contribution < -0.4 is 4.74 Å². The summed E-state index contributed by atoms with van der Waals surface area (Å²) >= 11 is 0.878. The molecule has 0 unspecified atom stereocenters. The van der Waals surface area contributed by atoms with E-state index in [0.29, 0.717) is 11.4 Å². The zero-order chi connectivity index (χ0) is 15.6. The molecule has 0 spiro atoms. The standard InChI is InChI=1S/C15H15NO4S/c1-8-4-5-9(2)12(6-8)20-7-11(17)14-16-10(3)13(21-14)15(18)19/h4-6H,7H2,1-3H3,(H,18,19). The van der Waals surface area contributed by atoms with E-state index >= 15 is 0 Å². The van der Waals surface area contributed by atoms with E-state index in [1.165, 1.54) is 0 Å². The number of aromatic carboxylic acids is 1. The average Bonchev–Trinajstić information content (AvgIpc) is 2.82. The Kier molecular flexibility index (Phi) is 4.37. The highest BCUT2D eigenvalue weighted by Gasteiger charge is 2.19. The zero-order valence-corrected chi connectivity index (χ0v) is 12.8. The van der Waals surface area contributed by atoms with E-state index in [2.05, 4.69) is 4.98 Å². The minimum absolute atomic E-state index is 0.0880. The molecule has 0 saturated heterocycles. The van der Waals surface area contributed by atoms with Gasteiger partial charge in [-0.3, -0.25) is 4.79 Å². The van der Waals surface area contributed by atoms with Gasteiger partial charge in [-0.2, -0.15) is 0 Å². The number of benzene rings is 1. The van der Waals surface area contributed by atoms with Crippen LogP contribution >= 0.6 is 11.3 Å². The van der Waals surface area contributed by atoms with Gasteiger partial charge >= 0.3 is 5.97 Å². The van der Waals surface area contributed by atoms with Crippen molar-refractivity contribution < 1.29 is 19.4 Å². The number of hydrogen-bond acceptors (Lipinski definition) is 5. The molecular formula is C15H15NO4S. The van der Waals surface area contributed by atoms with Crippen molar-refractivity contribution >= 4 is 23.1 Å². The molecule has 6 heteroatoms. The Balaban J connectivity index is 2.10. The molecule has 0 aliphatic heterocycles. The molecule has 1 aromatic carbocycles. The van der Waals surface area contributed by atoms with Gasteiger partial charge in [0.2, 0.25) is 5.78 Å². The lowest BCUT2D eigenvalue weighted by atomic mass is 10.1. The lowest BCUT2D eigenvalue weighted by Crippen LogP contribution is -2.12. The zero-order valence-electron chi connectivity index (χ0n) is 12.0. The lowest BCUT2D eigenvalue weighted by molar-refractivity contribution is 0.0701. The van der Waals surface area contributed by atoms with Gasteiger partial charge in [-0.05, 0) is 38.0 Å². The molecule has 0 radical (unpaired) electrons. The third-order valence-corrected chi connectivity index (χ3v) is 4.12. The summed E-state index contributed by atoms with van der Waals surface area (Å²) in [5.74, 6) is -0.744. The van der Waals surface area contributed by atoms with Crippen molar-refractivity contribution in [1.82, 2.24) is 4.98 Å². The number of aryl methyl sites for hydroxylation is 3. The predicted octanol–water partition coefficient (Wildman–Crippen LogP) is 3.03. The van der Waals surface area contributed by atoms with Crippen molar-refractivity contribution in [2.45, 2.75) is 20.8 Å². The summed E-state index contributed by atoms with van der Waals surface area (Å²) in [5, 5.41) is 9.13. The van der Waals surface area contributed by atoms with Gasteiger partial charge in [0, 0.05) is 0 Å². The average molecular weight is 305 g/mol. The van der Waals surface area contributed by atoms with Crippen LogP contribution in [0.1, 0.15) is 36.3 Å². The Bertz CT molecular complexity index is 706. The van der Waals surface area contributed by atoms with Crippen molar-refractivity contribution in [2.24, 2.45) is 0 Å². The highest BCUT2D eigenvalue weighted by molar-refractivity contribution is 7.15. The Morgan fingerprint density at radius 3 is 2.62 bits per heavy atom. The molecule has 1 N–H and O–H groups in total. The molecule has 0 aliphatic rings. The van der Waals surface area contributed by atoms with E-state index in [-0.39, 0.29) is 22.3 Å². The highest BCUT2D eigenvalue weighted by atomic mass is 32.1. The van der Waals surface area contributed by atoms with Crippen LogP contribution in [0.5, 0.6) is 5.75 Å². The minimum Gasteiger partial charge on any atom is -0.485 e. The van der Waals surface area contributed by atoms with Gasteiger partial charge in [0.05, 0.1) is 5.69 Å². The Morgan fingerprint density at radius 1 is 1.29 bits per heavy atom. The molecule has 0 aliphatic carbocycles. The summed E-state index contributed by atoms with van der Waals surface area (Å²) in [6.45, 7) is 5.26. The van der Waals surface area contributed by atoms with Gasteiger partial charge in [-0.1, -0.05) is 12.1 Å². The van der Waals surface area contributed by atoms with Gasteiger partial charge in [0.15, 0.2) is 11.6 Å². The number of carboxylic acids is 1. The maximum Gasteiger partial charge on any atom is 0.347 e. The second-order valence-electron chi connectivity index (χ2n) is 4.72. The van der Waals surface area contributed by atoms with Crippen LogP contribution in [-0.2, 0) is 0 Å². The number of carbonyl (C=O) groups is 2. The number of hydrogen-bond donors (Lipinski definition) is 1. The monoisotopic (exact) mass is 305 g/mol. The molecule has 21 heavy (non-hydrogen) atoms. The molecule has 5 nitrogen and oxygen atoms in total. The largest absolute Gasteiger partial charge is 0.485 e. The maximum atomic E-state index is 12.0. The fraction of sp³-hybridized carbons (Fsp3) is 0.267. The molecular weight excluding hydrogens is 290 g/mol. The van der Waals surface area contributed by atoms with Crippen LogP contribution in [-0.4, -0.2) is 28.4 Å². The number of nitrogens with zero attached hydrogens (tertiary/aromatic N) is 1. The summed E-state index contributed by atoms with van der Waals surface area (Å²) in [6.07, 6.45) is 0. The van der Waals surface area contributed by atoms with Crippen molar-refractivity contribution in [3.63, 3.8) is 0 Å². The van der Waals surface area contributed by atoms with E-state index in [1.807, 2.05) is 32.0 Å². The van der Waals surface area contributed by atoms with Gasteiger partial charge in [-0.15, -0.1) is 11.3 Å². The first-order chi connectivity index (χ1) is 9.88. The molecule has 2 rings (SSSR count). The first-order valence-electron chi connectivity index (χ1n) is 6.32. The van der Waals surface area contributed by atoms with Gasteiger partial charge in [-0.25, -0.2) is 9.78 Å². The second-order valence-corrected chi connectivity index (χ2v) is 5.72. The Hall–Kier alpha value is -2.21. The van der Waals surface area contributed by atoms with Crippen molar-refractivity contribution in [1.29, 1.82) is 0 Å². The minimum atomic E-state index is -1.07. The van der Waals surface area contributed by atoms with Crippen LogP contribution in [0, 0.1) is 20.8 Å². The Labute approximate surface area is 126 Å². The number of carboxylic acid groups (broad SMARTS) is 1. The van der Waals surface area contributed by atoms with Crippen molar-refractivity contribution in [3.05, 3.63) is 44.9 Å². The van der Waals surface area contributed by atoms with Crippen LogP contribution in [0.2, 0.25) is 0 Å². The van der Waals surface area contributed by atoms with Crippen LogP contribution in [0.15, 0.2) is 18.2 Å². The predicted molar refractivity (Wildman–Crippen MR) is 79.6 cm³/mol. The van der Waals surface area contributed by atoms with Gasteiger partial charge in [0.1, 0.15) is 10.6 Å². The SMILES string of the molecule is Cc1ccc(C)c(OCC(=O)c2nc(C)c(C(=O)O)s2)c1. The first-order valence-corrected chi connectivity index (χ1v) is 7.14. The number of ether oxygens (including phenoxy) is 1. The number of thiazole rings is 1. The normalized spacial score (nSPS) is 10.4. The third kappa shape index (κ3) is 3.46. The third-order valence-electron chi connectivity index (χ3n) is 2.93. The number of ketones is 1. The fourth-order valence-electron chi connectivity index (χ4n) is 1.78. The first kappa shape index (κ1) is 15.2. The van der Waals surface area contributed by atoms with Crippen molar-refractivity contribution in [3.8, 4) is 5.75 Å². The molecule has 0 amide bonds. The summed E-state index contributed by atoms with van der Waals surface area (Å²) in [5.41, 5.74) is 2.33. The molecule has 2 aromatic rings. The number of Topliss-reactive ketones (excluding diaryl/α,β-unsaturated/α-hetero) is 1. The molecule has 0 saturated carbocycles. The smallest absolute Gasteiger partial charge is 0.347 e. The summed E-state index contributed by atoms with van der Waals surface area (Å²) in [4.78, 5) is 27.1. The summed E-state index contributed by atoms with van der Waals surface area (Å²) in [6, 6.07) is 5.75. The number of carbonyl (C=O) groups excluding carboxylic acids is 1. The molecule has 0 fully saturated rings. The highest BCUT2D eigenvalue weighted by Crippen LogP contribution is 2.21. The maximum absolute atomic E-state index is 12.0. The van der Waals surface area contributed by atoms with Crippen LogP contribution in [0.25, 0.3) is 0 Å². The van der Waals surface area contributed by atoms with Crippen molar-refractivity contribution in [2.75, 3.05) is 6.61 Å². The molecule has 1 heterocycles. The lowest BCUT2D eigenvalue weighted by Gasteiger charge is -2.08. The van der Waals surface area contributed by atoms with Crippen LogP contribution in [0.3, 0.4) is 0 Å². The summed E-state index contributed by atoms with van der Waals surface area (Å²) < 4.78 is 5.51. The Morgan fingerprint density at radius 2 is 2.00 bits per heavy atom.